The lowest BCUT2D eigenvalue weighted by Gasteiger charge is -2.28. The van der Waals surface area contributed by atoms with E-state index in [0.717, 1.165) is 5.56 Å². The molecule has 0 bridgehead atoms. The number of hydrogen-bond acceptors (Lipinski definition) is 11. The molecule has 0 amide bonds. The topological polar surface area (TPSA) is 146 Å². The number of fused-ring (bicyclic) bond motifs is 1. The minimum Gasteiger partial charge on any atom is -0.428 e. The van der Waals surface area contributed by atoms with Crippen molar-refractivity contribution in [2.45, 2.75) is 65.3 Å². The first-order valence-corrected chi connectivity index (χ1v) is 11.1. The molecule has 0 saturated carbocycles. The molecule has 1 aliphatic heterocycles. The van der Waals surface area contributed by atoms with Crippen molar-refractivity contribution in [1.29, 1.82) is 0 Å². The maximum absolute atomic E-state index is 13.1. The molecule has 0 aromatic carbocycles. The van der Waals surface area contributed by atoms with Gasteiger partial charge in [0, 0.05) is 18.9 Å². The Balaban J connectivity index is 1.69. The van der Waals surface area contributed by atoms with Gasteiger partial charge in [0.15, 0.2) is 22.6 Å². The number of anilines is 1. The first-order chi connectivity index (χ1) is 16.1. The number of carbonyl (C=O) groups is 2. The van der Waals surface area contributed by atoms with E-state index in [9.17, 15) is 9.59 Å². The summed E-state index contributed by atoms with van der Waals surface area (Å²) < 4.78 is 12.1. The molecule has 2 N–H and O–H groups in total. The second kappa shape index (κ2) is 8.93. The molecule has 12 nitrogen and oxygen atoms in total. The van der Waals surface area contributed by atoms with Crippen LogP contribution in [0, 0.1) is 6.92 Å². The lowest BCUT2D eigenvalue weighted by atomic mass is 10.1. The van der Waals surface area contributed by atoms with Crippen molar-refractivity contribution in [3.63, 3.8) is 0 Å². The predicted octanol–water partition coefficient (Wildman–Crippen LogP) is 2.58. The normalized spacial score (nSPS) is 18.1. The molecule has 4 heterocycles. The number of nitrogens with one attached hydrogen (secondary N) is 2. The van der Waals surface area contributed by atoms with Gasteiger partial charge in [0.2, 0.25) is 0 Å². The summed E-state index contributed by atoms with van der Waals surface area (Å²) in [5.41, 5.74) is -0.360. The number of esters is 1. The molecule has 0 spiro atoms. The van der Waals surface area contributed by atoms with Gasteiger partial charge in [-0.25, -0.2) is 34.5 Å². The average molecular weight is 469 g/mol. The van der Waals surface area contributed by atoms with Crippen LogP contribution in [0.5, 0.6) is 0 Å². The molecule has 0 unspecified atom stereocenters. The van der Waals surface area contributed by atoms with Gasteiger partial charge in [0.25, 0.3) is 0 Å². The zero-order valence-electron chi connectivity index (χ0n) is 19.9. The number of hydrogen-bond donors (Lipinski definition) is 2. The van der Waals surface area contributed by atoms with Crippen LogP contribution in [0.2, 0.25) is 0 Å². The highest BCUT2D eigenvalue weighted by molar-refractivity contribution is 5.94. The van der Waals surface area contributed by atoms with Crippen LogP contribution >= 0.6 is 0 Å². The first kappa shape index (κ1) is 23.5. The quantitative estimate of drug-likeness (QED) is 0.421. The molecule has 3 aromatic rings. The molecule has 0 aliphatic carbocycles. The van der Waals surface area contributed by atoms with Gasteiger partial charge >= 0.3 is 12.1 Å². The second-order valence-corrected chi connectivity index (χ2v) is 9.01. The van der Waals surface area contributed by atoms with Crippen molar-refractivity contribution in [2.75, 3.05) is 11.9 Å². The second-order valence-electron chi connectivity index (χ2n) is 9.01. The van der Waals surface area contributed by atoms with E-state index in [1.54, 1.807) is 33.2 Å². The van der Waals surface area contributed by atoms with Crippen molar-refractivity contribution in [3.8, 4) is 11.4 Å². The van der Waals surface area contributed by atoms with E-state index in [-0.39, 0.29) is 0 Å². The van der Waals surface area contributed by atoms with Gasteiger partial charge < -0.3 is 19.4 Å². The van der Waals surface area contributed by atoms with Gasteiger partial charge in [0.05, 0.1) is 5.56 Å². The number of imidazole rings is 1. The minimum atomic E-state index is -1.36. The molecule has 1 saturated heterocycles. The van der Waals surface area contributed by atoms with Gasteiger partial charge in [-0.15, -0.1) is 0 Å². The molecular weight excluding hydrogens is 440 g/mol. The maximum atomic E-state index is 13.1. The van der Waals surface area contributed by atoms with Crippen LogP contribution < -0.4 is 10.6 Å². The fourth-order valence-electron chi connectivity index (χ4n) is 3.77. The molecule has 4 rings (SSSR count). The number of carbonyl (C=O) groups excluding carboxylic acids is 2. The van der Waals surface area contributed by atoms with Crippen LogP contribution in [0.15, 0.2) is 18.7 Å². The summed E-state index contributed by atoms with van der Waals surface area (Å²) in [6.45, 7) is 10.0. The fraction of sp³-hybridized carbons (Fsp3) is 0.500. The lowest BCUT2D eigenvalue weighted by Crippen LogP contribution is -2.56. The molecule has 180 valence electrons. The largest absolute Gasteiger partial charge is 0.516 e. The van der Waals surface area contributed by atoms with Crippen LogP contribution in [-0.4, -0.2) is 59.4 Å². The third kappa shape index (κ3) is 4.67. The van der Waals surface area contributed by atoms with Gasteiger partial charge in [-0.3, -0.25) is 5.32 Å². The summed E-state index contributed by atoms with van der Waals surface area (Å²) in [4.78, 5) is 47.2. The molecule has 1 aliphatic rings. The van der Waals surface area contributed by atoms with Crippen molar-refractivity contribution >= 4 is 29.1 Å². The van der Waals surface area contributed by atoms with Gasteiger partial charge in [-0.05, 0) is 54.0 Å². The number of rotatable bonds is 5. The Morgan fingerprint density at radius 3 is 2.56 bits per heavy atom. The fourth-order valence-corrected chi connectivity index (χ4v) is 3.77. The highest BCUT2D eigenvalue weighted by atomic mass is 16.7. The third-order valence-corrected chi connectivity index (χ3v) is 5.29. The highest BCUT2D eigenvalue weighted by Gasteiger charge is 2.45. The molecule has 12 heteroatoms. The Bertz CT molecular complexity index is 1210. The first-order valence-electron chi connectivity index (χ1n) is 11.1. The average Bonchev–Trinajstić information content (AvgIpc) is 3.39. The molecule has 3 aromatic heterocycles. The summed E-state index contributed by atoms with van der Waals surface area (Å²) in [6.07, 6.45) is 4.82. The summed E-state index contributed by atoms with van der Waals surface area (Å²) in [7, 11) is 0. The van der Waals surface area contributed by atoms with E-state index in [4.69, 9.17) is 14.5 Å². The Morgan fingerprint density at radius 2 is 1.94 bits per heavy atom. The Labute approximate surface area is 196 Å². The summed E-state index contributed by atoms with van der Waals surface area (Å²) >= 11 is 0. The number of aryl methyl sites for hydroxylation is 2. The molecular formula is C22H28N8O4. The third-order valence-electron chi connectivity index (χ3n) is 5.29. The monoisotopic (exact) mass is 468 g/mol. The highest BCUT2D eigenvalue weighted by Crippen LogP contribution is 2.30. The molecule has 34 heavy (non-hydrogen) atoms. The van der Waals surface area contributed by atoms with Gasteiger partial charge in [-0.1, -0.05) is 0 Å². The maximum Gasteiger partial charge on any atom is 0.516 e. The minimum absolute atomic E-state index is 0.335. The van der Waals surface area contributed by atoms with Crippen molar-refractivity contribution in [3.05, 3.63) is 24.5 Å². The molecule has 1 fully saturated rings. The van der Waals surface area contributed by atoms with E-state index in [1.165, 1.54) is 6.33 Å². The van der Waals surface area contributed by atoms with Crippen LogP contribution in [0.25, 0.3) is 22.6 Å². The van der Waals surface area contributed by atoms with Crippen molar-refractivity contribution in [1.82, 2.24) is 34.8 Å². The van der Waals surface area contributed by atoms with Gasteiger partial charge in [-0.2, -0.15) is 0 Å². The molecule has 1 atom stereocenters. The lowest BCUT2D eigenvalue weighted by molar-refractivity contribution is -0.147. The van der Waals surface area contributed by atoms with Crippen LogP contribution in [0.3, 0.4) is 0 Å². The van der Waals surface area contributed by atoms with Crippen LogP contribution in [-0.2, 0) is 20.8 Å². The Kier molecular flexibility index (Phi) is 6.17. The van der Waals surface area contributed by atoms with Crippen LogP contribution in [0.1, 0.15) is 46.4 Å². The number of ether oxygens (including phenoxy) is 2. The van der Waals surface area contributed by atoms with Crippen molar-refractivity contribution < 1.29 is 19.1 Å². The van der Waals surface area contributed by atoms with Gasteiger partial charge in [0.1, 0.15) is 23.6 Å². The van der Waals surface area contributed by atoms with E-state index < -0.39 is 23.4 Å². The predicted molar refractivity (Wildman–Crippen MR) is 123 cm³/mol. The zero-order valence-corrected chi connectivity index (χ0v) is 19.9. The van der Waals surface area contributed by atoms with Crippen LogP contribution in [0.4, 0.5) is 10.6 Å². The smallest absolute Gasteiger partial charge is 0.428 e. The summed E-state index contributed by atoms with van der Waals surface area (Å²) in [5, 5.41) is 6.26. The summed E-state index contributed by atoms with van der Waals surface area (Å²) in [6, 6.07) is 0. The van der Waals surface area contributed by atoms with E-state index in [1.807, 2.05) is 18.4 Å². The SMILES string of the molecule is CCn1c(-c2cnc(C)nc2)nc2c(N[C@]3(C(=O)OC(=O)OC(C)(C)C)CCCN3)ncnc21. The number of aromatic nitrogens is 6. The van der Waals surface area contributed by atoms with E-state index >= 15 is 0 Å². The summed E-state index contributed by atoms with van der Waals surface area (Å²) in [5.74, 6) is 0.823. The Hall–Kier alpha value is -3.67. The zero-order chi connectivity index (χ0) is 24.5. The van der Waals surface area contributed by atoms with Crippen molar-refractivity contribution in [2.24, 2.45) is 0 Å². The molecule has 0 radical (unpaired) electrons. The standard InChI is InChI=1S/C22H28N8O4/c1-6-30-17(14-10-23-13(2)24-11-14)28-15-16(25-12-26-18(15)30)29-22(8-7-9-27-22)19(31)33-20(32)34-21(3,4)5/h10-12,27H,6-9H2,1-5H3,(H,25,26,29)/t22-/m0/s1. The number of nitrogens with zero attached hydrogens (tertiary/aromatic N) is 6. The Morgan fingerprint density at radius 1 is 1.21 bits per heavy atom. The van der Waals surface area contributed by atoms with E-state index in [2.05, 4.69) is 30.6 Å². The van der Waals surface area contributed by atoms with E-state index in [0.29, 0.717) is 54.6 Å².